The van der Waals surface area contributed by atoms with Gasteiger partial charge in [-0.3, -0.25) is 4.79 Å². The molecule has 1 aliphatic heterocycles. The largest absolute Gasteiger partial charge is 0.487 e. The molecule has 1 aromatic carbocycles. The van der Waals surface area contributed by atoms with Crippen LogP contribution in [0, 0.1) is 17.2 Å². The summed E-state index contributed by atoms with van der Waals surface area (Å²) < 4.78 is 20.7. The van der Waals surface area contributed by atoms with E-state index >= 15 is 0 Å². The molecular weight excluding hydrogens is 345 g/mol. The Bertz CT molecular complexity index is 759. The number of rotatable bonds is 4. The smallest absolute Gasteiger partial charge is 0.225 e. The van der Waals surface area contributed by atoms with Crippen molar-refractivity contribution in [1.82, 2.24) is 4.90 Å². The molecule has 1 amide bonds. The number of hydrogen-bond acceptors (Lipinski definition) is 3. The number of benzene rings is 1. The van der Waals surface area contributed by atoms with Gasteiger partial charge in [0.15, 0.2) is 11.6 Å². The maximum Gasteiger partial charge on any atom is 0.225 e. The molecule has 1 spiro atoms. The Balaban J connectivity index is 1.16. The van der Waals surface area contributed by atoms with Gasteiger partial charge in [0, 0.05) is 24.4 Å². The molecule has 1 heterocycles. The second-order valence-electron chi connectivity index (χ2n) is 9.71. The molecule has 0 radical (unpaired) electrons. The van der Waals surface area contributed by atoms with Crippen LogP contribution in [0.25, 0.3) is 0 Å². The molecule has 146 valence electrons. The minimum Gasteiger partial charge on any atom is -0.487 e. The van der Waals surface area contributed by atoms with E-state index in [1.165, 1.54) is 0 Å². The molecule has 4 aliphatic rings. The first kappa shape index (κ1) is 17.5. The molecule has 0 aromatic heterocycles. The van der Waals surface area contributed by atoms with E-state index in [1.807, 2.05) is 17.0 Å². The summed E-state index contributed by atoms with van der Waals surface area (Å²) in [6.07, 6.45) is 6.21. The van der Waals surface area contributed by atoms with E-state index in [9.17, 15) is 14.3 Å². The van der Waals surface area contributed by atoms with Crippen LogP contribution < -0.4 is 4.74 Å². The average molecular weight is 373 g/mol. The number of aliphatic hydroxyl groups is 1. The predicted octanol–water partition coefficient (Wildman–Crippen LogP) is 3.62. The van der Waals surface area contributed by atoms with Gasteiger partial charge < -0.3 is 14.7 Å². The topological polar surface area (TPSA) is 49.8 Å². The van der Waals surface area contributed by atoms with E-state index in [4.69, 9.17) is 4.74 Å². The zero-order valence-corrected chi connectivity index (χ0v) is 15.9. The van der Waals surface area contributed by atoms with Crippen molar-refractivity contribution >= 4 is 5.91 Å². The molecule has 4 nitrogen and oxygen atoms in total. The Labute approximate surface area is 159 Å². The maximum atomic E-state index is 14.7. The molecule has 1 aromatic rings. The molecule has 1 saturated heterocycles. The van der Waals surface area contributed by atoms with Gasteiger partial charge in [-0.25, -0.2) is 4.39 Å². The lowest BCUT2D eigenvalue weighted by Gasteiger charge is -2.51. The minimum atomic E-state index is -0.658. The molecule has 5 heteroatoms. The number of nitrogens with zero attached hydrogens (tertiary/aromatic N) is 1. The average Bonchev–Trinajstić information content (AvgIpc) is 3.32. The number of amides is 1. The van der Waals surface area contributed by atoms with Crippen molar-refractivity contribution in [2.45, 2.75) is 69.5 Å². The maximum absolute atomic E-state index is 14.7. The van der Waals surface area contributed by atoms with Crippen LogP contribution in [0.2, 0.25) is 0 Å². The first-order chi connectivity index (χ1) is 12.8. The van der Waals surface area contributed by atoms with Crippen molar-refractivity contribution in [1.29, 1.82) is 0 Å². The van der Waals surface area contributed by atoms with Gasteiger partial charge in [-0.2, -0.15) is 0 Å². The molecular formula is C22H28FNO3. The van der Waals surface area contributed by atoms with E-state index in [-0.39, 0.29) is 29.2 Å². The highest BCUT2D eigenvalue weighted by Gasteiger charge is 2.53. The summed E-state index contributed by atoms with van der Waals surface area (Å²) in [7, 11) is 0. The van der Waals surface area contributed by atoms with Gasteiger partial charge in [0.2, 0.25) is 5.91 Å². The Morgan fingerprint density at radius 1 is 1.22 bits per heavy atom. The van der Waals surface area contributed by atoms with Crippen LogP contribution in [0.4, 0.5) is 4.39 Å². The molecule has 3 aliphatic carbocycles. The number of carbonyl (C=O) groups excluding carboxylic acids is 1. The first-order valence-electron chi connectivity index (χ1n) is 10.3. The Hall–Kier alpha value is -1.62. The summed E-state index contributed by atoms with van der Waals surface area (Å²) in [6.45, 7) is 3.37. The number of hydrogen-bond donors (Lipinski definition) is 1. The van der Waals surface area contributed by atoms with E-state index in [0.29, 0.717) is 24.5 Å². The van der Waals surface area contributed by atoms with Crippen LogP contribution >= 0.6 is 0 Å². The number of ether oxygens (including phenoxy) is 1. The van der Waals surface area contributed by atoms with Crippen LogP contribution in [-0.4, -0.2) is 40.7 Å². The van der Waals surface area contributed by atoms with E-state index in [2.05, 4.69) is 0 Å². The van der Waals surface area contributed by atoms with Gasteiger partial charge in [-0.1, -0.05) is 12.1 Å². The third-order valence-corrected chi connectivity index (χ3v) is 7.05. The van der Waals surface area contributed by atoms with Gasteiger partial charge >= 0.3 is 0 Å². The zero-order valence-electron chi connectivity index (χ0n) is 15.9. The highest BCUT2D eigenvalue weighted by Crippen LogP contribution is 2.49. The first-order valence-corrected chi connectivity index (χ1v) is 10.3. The lowest BCUT2D eigenvalue weighted by atomic mass is 9.70. The number of halogens is 1. The lowest BCUT2D eigenvalue weighted by molar-refractivity contribution is -0.161. The molecule has 4 fully saturated rings. The Morgan fingerprint density at radius 2 is 1.96 bits per heavy atom. The normalized spacial score (nSPS) is 34.3. The molecule has 1 atom stereocenters. The van der Waals surface area contributed by atoms with Crippen molar-refractivity contribution < 1.29 is 19.0 Å². The monoisotopic (exact) mass is 373 g/mol. The third-order valence-electron chi connectivity index (χ3n) is 7.05. The van der Waals surface area contributed by atoms with Gasteiger partial charge in [0.1, 0.15) is 0 Å². The minimum absolute atomic E-state index is 0.00920. The van der Waals surface area contributed by atoms with Crippen LogP contribution in [0.3, 0.4) is 0 Å². The summed E-state index contributed by atoms with van der Waals surface area (Å²) in [5.41, 5.74) is 0.294. The zero-order chi connectivity index (χ0) is 18.8. The van der Waals surface area contributed by atoms with Crippen molar-refractivity contribution in [3.05, 3.63) is 29.6 Å². The van der Waals surface area contributed by atoms with Crippen molar-refractivity contribution in [3.63, 3.8) is 0 Å². The van der Waals surface area contributed by atoms with Crippen molar-refractivity contribution in [3.8, 4) is 5.75 Å². The van der Waals surface area contributed by atoms with Gasteiger partial charge in [0.05, 0.1) is 11.7 Å². The van der Waals surface area contributed by atoms with Crippen LogP contribution in [0.5, 0.6) is 5.75 Å². The fourth-order valence-electron chi connectivity index (χ4n) is 5.40. The molecule has 0 bridgehead atoms. The standard InChI is InChI=1S/C22H28FNO3/c1-21(26)9-15(10-21)20(25)24-12-22(13-24)8-7-16(11-22)27-18-4-2-3-17(19(18)23)14-5-6-14/h2-4,14-16,26H,5-13H2,1H3/t15?,16-,21?/m1/s1. The summed E-state index contributed by atoms with van der Waals surface area (Å²) in [6, 6.07) is 5.52. The fraction of sp³-hybridized carbons (Fsp3) is 0.682. The summed E-state index contributed by atoms with van der Waals surface area (Å²) in [4.78, 5) is 14.4. The van der Waals surface area contributed by atoms with Gasteiger partial charge in [-0.05, 0) is 69.4 Å². The lowest BCUT2D eigenvalue weighted by Crippen LogP contribution is -2.61. The number of carbonyl (C=O) groups is 1. The predicted molar refractivity (Wildman–Crippen MR) is 99.0 cm³/mol. The molecule has 0 unspecified atom stereocenters. The van der Waals surface area contributed by atoms with E-state index in [1.54, 1.807) is 13.0 Å². The highest BCUT2D eigenvalue weighted by atomic mass is 19.1. The van der Waals surface area contributed by atoms with Crippen molar-refractivity contribution in [2.75, 3.05) is 13.1 Å². The Morgan fingerprint density at radius 3 is 2.63 bits per heavy atom. The summed E-state index contributed by atoms with van der Waals surface area (Å²) in [5, 5.41) is 9.85. The van der Waals surface area contributed by atoms with Gasteiger partial charge in [0.25, 0.3) is 0 Å². The van der Waals surface area contributed by atoms with E-state index in [0.717, 1.165) is 50.8 Å². The van der Waals surface area contributed by atoms with Gasteiger partial charge in [-0.15, -0.1) is 0 Å². The molecule has 1 N–H and O–H groups in total. The van der Waals surface area contributed by atoms with E-state index < -0.39 is 5.60 Å². The molecule has 27 heavy (non-hydrogen) atoms. The summed E-state index contributed by atoms with van der Waals surface area (Å²) in [5.74, 6) is 0.778. The second-order valence-corrected chi connectivity index (χ2v) is 9.71. The fourth-order valence-corrected chi connectivity index (χ4v) is 5.40. The molecule has 3 saturated carbocycles. The van der Waals surface area contributed by atoms with Crippen LogP contribution in [-0.2, 0) is 4.79 Å². The number of likely N-dealkylation sites (tertiary alicyclic amines) is 1. The molecule has 5 rings (SSSR count). The summed E-state index contributed by atoms with van der Waals surface area (Å²) >= 11 is 0. The van der Waals surface area contributed by atoms with Crippen molar-refractivity contribution in [2.24, 2.45) is 11.3 Å². The third kappa shape index (κ3) is 3.14. The second kappa shape index (κ2) is 5.94. The Kier molecular flexibility index (Phi) is 3.84. The highest BCUT2D eigenvalue weighted by molar-refractivity contribution is 5.81. The quantitative estimate of drug-likeness (QED) is 0.877. The van der Waals surface area contributed by atoms with Crippen LogP contribution in [0.15, 0.2) is 18.2 Å². The van der Waals surface area contributed by atoms with Crippen LogP contribution in [0.1, 0.15) is 63.4 Å². The SMILES string of the molecule is CC1(O)CC(C(=O)N2CC3(CC[C@@H](Oc4cccc(C5CC5)c4F)C3)C2)C1.